The molecule has 0 unspecified atom stereocenters. The number of thiazole rings is 1. The first kappa shape index (κ1) is 16.9. The average Bonchev–Trinajstić information content (AvgIpc) is 3.35. The maximum absolute atomic E-state index is 12.1. The van der Waals surface area contributed by atoms with Gasteiger partial charge in [-0.05, 0) is 41.1 Å². The Balaban J connectivity index is 1.40. The van der Waals surface area contributed by atoms with Gasteiger partial charge in [0, 0.05) is 12.1 Å². The van der Waals surface area contributed by atoms with Gasteiger partial charge in [0.2, 0.25) is 5.82 Å². The number of nitrogens with one attached hydrogen (secondary N) is 3. The zero-order valence-electron chi connectivity index (χ0n) is 14.3. The highest BCUT2D eigenvalue weighted by molar-refractivity contribution is 7.22. The van der Waals surface area contributed by atoms with E-state index in [0.29, 0.717) is 17.5 Å². The molecule has 27 heavy (non-hydrogen) atoms. The van der Waals surface area contributed by atoms with E-state index < -0.39 is 0 Å². The second kappa shape index (κ2) is 7.38. The van der Waals surface area contributed by atoms with E-state index in [1.807, 2.05) is 42.5 Å². The molecule has 2 aromatic carbocycles. The number of nitrogens with zero attached hydrogens (tertiary/aromatic N) is 4. The number of carbonyl (C=O) groups is 1. The van der Waals surface area contributed by atoms with Gasteiger partial charge in [0.15, 0.2) is 5.13 Å². The summed E-state index contributed by atoms with van der Waals surface area (Å²) in [6, 6.07) is 12.8. The zero-order chi connectivity index (χ0) is 18.6. The van der Waals surface area contributed by atoms with Gasteiger partial charge in [-0.1, -0.05) is 23.5 Å². The lowest BCUT2D eigenvalue weighted by molar-refractivity contribution is 0.251. The SMILES string of the molecule is COc1ccc(CNC(=O)Nc2nc3ccc(-c4nn[nH]n4)cc3s2)cc1. The van der Waals surface area contributed by atoms with Gasteiger partial charge in [-0.3, -0.25) is 5.32 Å². The quantitative estimate of drug-likeness (QED) is 0.489. The van der Waals surface area contributed by atoms with Crippen molar-refractivity contribution < 1.29 is 9.53 Å². The molecule has 0 radical (unpaired) electrons. The monoisotopic (exact) mass is 381 g/mol. The lowest BCUT2D eigenvalue weighted by Crippen LogP contribution is -2.28. The number of carbonyl (C=O) groups excluding carboxylic acids is 1. The molecule has 0 aliphatic rings. The van der Waals surface area contributed by atoms with Crippen molar-refractivity contribution >= 4 is 32.7 Å². The van der Waals surface area contributed by atoms with Crippen LogP contribution in [0, 0.1) is 0 Å². The van der Waals surface area contributed by atoms with Crippen LogP contribution in [0.2, 0.25) is 0 Å². The highest BCUT2D eigenvalue weighted by Crippen LogP contribution is 2.29. The number of urea groups is 1. The van der Waals surface area contributed by atoms with Crippen molar-refractivity contribution in [3.63, 3.8) is 0 Å². The molecule has 10 heteroatoms. The number of rotatable bonds is 5. The number of ether oxygens (including phenoxy) is 1. The van der Waals surface area contributed by atoms with Crippen LogP contribution in [0.25, 0.3) is 21.6 Å². The number of amides is 2. The molecule has 0 aliphatic heterocycles. The van der Waals surface area contributed by atoms with Crippen LogP contribution in [0.5, 0.6) is 5.75 Å². The van der Waals surface area contributed by atoms with Gasteiger partial charge >= 0.3 is 6.03 Å². The summed E-state index contributed by atoms with van der Waals surface area (Å²) in [5.41, 5.74) is 2.59. The Morgan fingerprint density at radius 3 is 2.81 bits per heavy atom. The Labute approximate surface area is 157 Å². The Bertz CT molecular complexity index is 1060. The van der Waals surface area contributed by atoms with Crippen molar-refractivity contribution in [2.75, 3.05) is 12.4 Å². The molecular formula is C17H15N7O2S. The molecule has 0 atom stereocenters. The minimum absolute atomic E-state index is 0.316. The second-order valence-corrected chi connectivity index (χ2v) is 6.62. The highest BCUT2D eigenvalue weighted by Gasteiger charge is 2.10. The van der Waals surface area contributed by atoms with E-state index in [9.17, 15) is 4.79 Å². The third-order valence-electron chi connectivity index (χ3n) is 3.82. The first-order valence-corrected chi connectivity index (χ1v) is 8.85. The summed E-state index contributed by atoms with van der Waals surface area (Å²) >= 11 is 1.38. The van der Waals surface area contributed by atoms with Crippen LogP contribution in [0.1, 0.15) is 5.56 Å². The molecular weight excluding hydrogens is 366 g/mol. The van der Waals surface area contributed by atoms with Gasteiger partial charge in [0.1, 0.15) is 5.75 Å². The number of benzene rings is 2. The minimum atomic E-state index is -0.316. The molecule has 2 amide bonds. The lowest BCUT2D eigenvalue weighted by Gasteiger charge is -2.06. The molecule has 0 saturated heterocycles. The molecule has 0 spiro atoms. The number of hydrogen-bond acceptors (Lipinski definition) is 7. The summed E-state index contributed by atoms with van der Waals surface area (Å²) in [7, 11) is 1.61. The first-order valence-electron chi connectivity index (χ1n) is 8.03. The normalized spacial score (nSPS) is 10.7. The van der Waals surface area contributed by atoms with E-state index in [-0.39, 0.29) is 6.03 Å². The maximum Gasteiger partial charge on any atom is 0.321 e. The van der Waals surface area contributed by atoms with E-state index in [1.54, 1.807) is 7.11 Å². The third-order valence-corrected chi connectivity index (χ3v) is 4.76. The predicted octanol–water partition coefficient (Wildman–Crippen LogP) is 2.81. The van der Waals surface area contributed by atoms with Crippen LogP contribution in [-0.2, 0) is 6.54 Å². The van der Waals surface area contributed by atoms with Crippen molar-refractivity contribution in [2.45, 2.75) is 6.54 Å². The lowest BCUT2D eigenvalue weighted by atomic mass is 10.2. The highest BCUT2D eigenvalue weighted by atomic mass is 32.1. The molecule has 4 aromatic rings. The molecule has 0 bridgehead atoms. The molecule has 136 valence electrons. The summed E-state index contributed by atoms with van der Waals surface area (Å²) in [6.45, 7) is 0.405. The van der Waals surface area contributed by atoms with Crippen LogP contribution in [0.3, 0.4) is 0 Å². The van der Waals surface area contributed by atoms with Gasteiger partial charge in [-0.25, -0.2) is 9.78 Å². The van der Waals surface area contributed by atoms with E-state index in [1.165, 1.54) is 11.3 Å². The van der Waals surface area contributed by atoms with Gasteiger partial charge in [0.05, 0.1) is 17.3 Å². The fraction of sp³-hybridized carbons (Fsp3) is 0.118. The summed E-state index contributed by atoms with van der Waals surface area (Å²) in [5.74, 6) is 1.29. The van der Waals surface area contributed by atoms with Crippen molar-refractivity contribution in [2.24, 2.45) is 0 Å². The molecule has 9 nitrogen and oxygen atoms in total. The molecule has 2 heterocycles. The Kier molecular flexibility index (Phi) is 4.62. The molecule has 2 aromatic heterocycles. The number of tetrazole rings is 1. The first-order chi connectivity index (χ1) is 13.2. The topological polar surface area (TPSA) is 118 Å². The summed E-state index contributed by atoms with van der Waals surface area (Å²) in [4.78, 5) is 16.5. The van der Waals surface area contributed by atoms with Crippen molar-refractivity contribution in [1.29, 1.82) is 0 Å². The van der Waals surface area contributed by atoms with E-state index in [4.69, 9.17) is 4.74 Å². The summed E-state index contributed by atoms with van der Waals surface area (Å²) in [6.07, 6.45) is 0. The molecule has 4 rings (SSSR count). The Morgan fingerprint density at radius 2 is 2.07 bits per heavy atom. The standard InChI is InChI=1S/C17H15N7O2S/c1-26-12-5-2-10(3-6-12)9-18-16(25)20-17-19-13-7-4-11(8-14(13)27-17)15-21-23-24-22-15/h2-8H,9H2,1H3,(H2,18,19,20,25)(H,21,22,23,24). The number of fused-ring (bicyclic) bond motifs is 1. The van der Waals surface area contributed by atoms with Crippen LogP contribution in [-0.4, -0.2) is 38.7 Å². The van der Waals surface area contributed by atoms with Gasteiger partial charge < -0.3 is 10.1 Å². The average molecular weight is 381 g/mol. The fourth-order valence-corrected chi connectivity index (χ4v) is 3.37. The van der Waals surface area contributed by atoms with Crippen LogP contribution < -0.4 is 15.4 Å². The smallest absolute Gasteiger partial charge is 0.321 e. The number of methoxy groups -OCH3 is 1. The third kappa shape index (κ3) is 3.85. The van der Waals surface area contributed by atoms with E-state index >= 15 is 0 Å². The van der Waals surface area contributed by atoms with Crippen LogP contribution in [0.15, 0.2) is 42.5 Å². The predicted molar refractivity (Wildman–Crippen MR) is 102 cm³/mol. The van der Waals surface area contributed by atoms with E-state index in [2.05, 4.69) is 36.2 Å². The minimum Gasteiger partial charge on any atom is -0.497 e. The van der Waals surface area contributed by atoms with E-state index in [0.717, 1.165) is 27.1 Å². The number of hydrogen-bond donors (Lipinski definition) is 3. The van der Waals surface area contributed by atoms with Crippen LogP contribution in [0.4, 0.5) is 9.93 Å². The fourth-order valence-electron chi connectivity index (χ4n) is 2.47. The number of aromatic amines is 1. The van der Waals surface area contributed by atoms with Gasteiger partial charge in [0.25, 0.3) is 0 Å². The molecule has 0 aliphatic carbocycles. The molecule has 0 saturated carbocycles. The number of aromatic nitrogens is 5. The maximum atomic E-state index is 12.1. The van der Waals surface area contributed by atoms with Gasteiger partial charge in [-0.15, -0.1) is 10.2 Å². The zero-order valence-corrected chi connectivity index (χ0v) is 15.1. The summed E-state index contributed by atoms with van der Waals surface area (Å²) in [5, 5.41) is 20.0. The number of anilines is 1. The van der Waals surface area contributed by atoms with Crippen molar-refractivity contribution in [1.82, 2.24) is 30.9 Å². The molecule has 0 fully saturated rings. The second-order valence-electron chi connectivity index (χ2n) is 5.59. The molecule has 3 N–H and O–H groups in total. The largest absolute Gasteiger partial charge is 0.497 e. The van der Waals surface area contributed by atoms with Crippen LogP contribution >= 0.6 is 11.3 Å². The Morgan fingerprint density at radius 1 is 1.22 bits per heavy atom. The number of H-pyrrole nitrogens is 1. The Hall–Kier alpha value is -3.53. The van der Waals surface area contributed by atoms with Crippen molar-refractivity contribution in [3.05, 3.63) is 48.0 Å². The van der Waals surface area contributed by atoms with Gasteiger partial charge in [-0.2, -0.15) is 5.21 Å². The summed E-state index contributed by atoms with van der Waals surface area (Å²) < 4.78 is 6.03. The van der Waals surface area contributed by atoms with Crippen molar-refractivity contribution in [3.8, 4) is 17.1 Å².